The van der Waals surface area contributed by atoms with E-state index in [1.165, 1.54) is 11.3 Å². The lowest BCUT2D eigenvalue weighted by Crippen LogP contribution is -2.28. The van der Waals surface area contributed by atoms with Crippen molar-refractivity contribution in [2.75, 3.05) is 11.9 Å². The number of rotatable bonds is 3. The lowest BCUT2D eigenvalue weighted by molar-refractivity contribution is -0.117. The lowest BCUT2D eigenvalue weighted by Gasteiger charge is -2.13. The van der Waals surface area contributed by atoms with Gasteiger partial charge < -0.3 is 15.8 Å². The van der Waals surface area contributed by atoms with Crippen molar-refractivity contribution in [1.82, 2.24) is 4.98 Å². The number of hydrogen-bond donors (Lipinski definition) is 2. The van der Waals surface area contributed by atoms with Crippen molar-refractivity contribution in [3.63, 3.8) is 0 Å². The predicted molar refractivity (Wildman–Crippen MR) is 81.3 cm³/mol. The summed E-state index contributed by atoms with van der Waals surface area (Å²) in [7, 11) is 0. The Morgan fingerprint density at radius 2 is 2.35 bits per heavy atom. The van der Waals surface area contributed by atoms with Crippen LogP contribution in [0.4, 0.5) is 5.13 Å². The number of nitrogens with zero attached hydrogens (tertiary/aromatic N) is 1. The van der Waals surface area contributed by atoms with Crippen LogP contribution >= 0.6 is 23.7 Å². The van der Waals surface area contributed by atoms with Gasteiger partial charge in [0.15, 0.2) is 5.13 Å². The van der Waals surface area contributed by atoms with Crippen LogP contribution in [-0.2, 0) is 22.6 Å². The number of carbonyl (C=O) groups is 1. The van der Waals surface area contributed by atoms with Crippen molar-refractivity contribution in [3.05, 3.63) is 10.6 Å². The zero-order valence-electron chi connectivity index (χ0n) is 11.3. The van der Waals surface area contributed by atoms with Crippen LogP contribution in [0.2, 0.25) is 0 Å². The SMILES string of the molecule is Cl.N[C@@H]1CCC[C@H]1CC(=O)Nc1nc2c(s1)COCC2. The highest BCUT2D eigenvalue weighted by Gasteiger charge is 2.26. The summed E-state index contributed by atoms with van der Waals surface area (Å²) in [5.41, 5.74) is 7.06. The van der Waals surface area contributed by atoms with Gasteiger partial charge in [0, 0.05) is 18.9 Å². The maximum absolute atomic E-state index is 12.0. The number of fused-ring (bicyclic) bond motifs is 1. The Bertz CT molecular complexity index is 457. The number of nitrogens with one attached hydrogen (secondary N) is 1. The third-order valence-corrected chi connectivity index (χ3v) is 4.89. The fourth-order valence-electron chi connectivity index (χ4n) is 2.81. The Hall–Kier alpha value is -0.690. The van der Waals surface area contributed by atoms with Crippen molar-refractivity contribution in [2.45, 2.75) is 44.8 Å². The van der Waals surface area contributed by atoms with Crippen LogP contribution in [0.15, 0.2) is 0 Å². The van der Waals surface area contributed by atoms with Crippen molar-refractivity contribution in [1.29, 1.82) is 0 Å². The molecular weight excluding hydrogens is 298 g/mol. The topological polar surface area (TPSA) is 77.2 Å². The van der Waals surface area contributed by atoms with E-state index < -0.39 is 0 Å². The van der Waals surface area contributed by atoms with Gasteiger partial charge in [-0.05, 0) is 18.8 Å². The molecule has 0 spiro atoms. The molecule has 5 nitrogen and oxygen atoms in total. The Morgan fingerprint density at radius 1 is 1.50 bits per heavy atom. The van der Waals surface area contributed by atoms with Gasteiger partial charge in [0.2, 0.25) is 5.91 Å². The molecule has 1 fully saturated rings. The highest BCUT2D eigenvalue weighted by Crippen LogP contribution is 2.29. The first-order valence-corrected chi connectivity index (χ1v) is 7.66. The minimum Gasteiger partial charge on any atom is -0.375 e. The number of halogens is 1. The molecule has 3 N–H and O–H groups in total. The van der Waals surface area contributed by atoms with Crippen LogP contribution in [0.5, 0.6) is 0 Å². The second-order valence-corrected chi connectivity index (χ2v) is 6.38. The molecule has 20 heavy (non-hydrogen) atoms. The summed E-state index contributed by atoms with van der Waals surface area (Å²) in [5, 5.41) is 3.60. The fraction of sp³-hybridized carbons (Fsp3) is 0.692. The molecule has 1 amide bonds. The average molecular weight is 318 g/mol. The molecule has 1 aliphatic carbocycles. The molecule has 1 aliphatic heterocycles. The number of ether oxygens (including phenoxy) is 1. The quantitative estimate of drug-likeness (QED) is 0.895. The van der Waals surface area contributed by atoms with Gasteiger partial charge in [-0.15, -0.1) is 12.4 Å². The van der Waals surface area contributed by atoms with Crippen LogP contribution in [-0.4, -0.2) is 23.5 Å². The summed E-state index contributed by atoms with van der Waals surface area (Å²) in [6.45, 7) is 1.34. The molecule has 2 aliphatic rings. The molecule has 1 aromatic heterocycles. The Kier molecular flexibility index (Phi) is 5.37. The van der Waals surface area contributed by atoms with E-state index >= 15 is 0 Å². The number of anilines is 1. The minimum atomic E-state index is 0. The van der Waals surface area contributed by atoms with Gasteiger partial charge in [-0.2, -0.15) is 0 Å². The van der Waals surface area contributed by atoms with E-state index in [0.29, 0.717) is 24.1 Å². The maximum atomic E-state index is 12.0. The molecule has 2 heterocycles. The standard InChI is InChI=1S/C13H19N3O2S.ClH/c14-9-3-1-2-8(9)6-12(17)16-13-15-10-4-5-18-7-11(10)19-13;/h8-9H,1-7,14H2,(H,15,16,17);1H/t8-,9+;/m0./s1. The van der Waals surface area contributed by atoms with Gasteiger partial charge >= 0.3 is 0 Å². The third kappa shape index (κ3) is 3.49. The van der Waals surface area contributed by atoms with Gasteiger partial charge in [-0.25, -0.2) is 4.98 Å². The third-order valence-electron chi connectivity index (χ3n) is 3.91. The molecule has 1 aromatic rings. The van der Waals surface area contributed by atoms with Crippen molar-refractivity contribution < 1.29 is 9.53 Å². The van der Waals surface area contributed by atoms with Crippen LogP contribution in [0.1, 0.15) is 36.3 Å². The number of carbonyl (C=O) groups excluding carboxylic acids is 1. The van der Waals surface area contributed by atoms with Crippen molar-refractivity contribution in [2.24, 2.45) is 11.7 Å². The smallest absolute Gasteiger partial charge is 0.226 e. The summed E-state index contributed by atoms with van der Waals surface area (Å²) in [6.07, 6.45) is 4.61. The molecule has 0 unspecified atom stereocenters. The number of nitrogens with two attached hydrogens (primary N) is 1. The normalized spacial score (nSPS) is 24.9. The first-order chi connectivity index (χ1) is 9.22. The van der Waals surface area contributed by atoms with Crippen LogP contribution < -0.4 is 11.1 Å². The zero-order valence-corrected chi connectivity index (χ0v) is 12.9. The largest absolute Gasteiger partial charge is 0.375 e. The predicted octanol–water partition coefficient (Wildman–Crippen LogP) is 2.09. The number of amides is 1. The van der Waals surface area contributed by atoms with Gasteiger partial charge in [0.25, 0.3) is 0 Å². The molecule has 112 valence electrons. The van der Waals surface area contributed by atoms with Gasteiger partial charge in [0.1, 0.15) is 0 Å². The summed E-state index contributed by atoms with van der Waals surface area (Å²) < 4.78 is 5.38. The minimum absolute atomic E-state index is 0. The molecule has 2 atom stereocenters. The molecule has 7 heteroatoms. The van der Waals surface area contributed by atoms with E-state index in [0.717, 1.165) is 42.9 Å². The number of aromatic nitrogens is 1. The molecule has 0 saturated heterocycles. The highest BCUT2D eigenvalue weighted by molar-refractivity contribution is 7.15. The van der Waals surface area contributed by atoms with Crippen LogP contribution in [0.25, 0.3) is 0 Å². The Morgan fingerprint density at radius 3 is 3.05 bits per heavy atom. The highest BCUT2D eigenvalue weighted by atomic mass is 35.5. The molecule has 0 bridgehead atoms. The Balaban J connectivity index is 0.00000147. The van der Waals surface area contributed by atoms with Gasteiger partial charge in [0.05, 0.1) is 23.8 Å². The molecular formula is C13H20ClN3O2S. The first kappa shape index (κ1) is 15.7. The molecule has 0 radical (unpaired) electrons. The van der Waals surface area contributed by atoms with Crippen molar-refractivity contribution >= 4 is 34.8 Å². The van der Waals surface area contributed by atoms with Gasteiger partial charge in [-0.1, -0.05) is 17.8 Å². The van der Waals surface area contributed by atoms with E-state index in [1.54, 1.807) is 0 Å². The van der Waals surface area contributed by atoms with E-state index in [-0.39, 0.29) is 24.4 Å². The molecule has 3 rings (SSSR count). The maximum Gasteiger partial charge on any atom is 0.226 e. The zero-order chi connectivity index (χ0) is 13.2. The summed E-state index contributed by atoms with van der Waals surface area (Å²) in [5.74, 6) is 0.368. The number of thiazole rings is 1. The second-order valence-electron chi connectivity index (χ2n) is 5.30. The fourth-order valence-corrected chi connectivity index (χ4v) is 3.77. The second kappa shape index (κ2) is 6.85. The van der Waals surface area contributed by atoms with Crippen molar-refractivity contribution in [3.8, 4) is 0 Å². The van der Waals surface area contributed by atoms with E-state index in [9.17, 15) is 4.79 Å². The number of hydrogen-bond acceptors (Lipinski definition) is 5. The lowest BCUT2D eigenvalue weighted by atomic mass is 10.00. The van der Waals surface area contributed by atoms with E-state index in [1.807, 2.05) is 0 Å². The van der Waals surface area contributed by atoms with Gasteiger partial charge in [-0.3, -0.25) is 4.79 Å². The Labute approximate surface area is 128 Å². The van der Waals surface area contributed by atoms with Crippen LogP contribution in [0, 0.1) is 5.92 Å². The summed E-state index contributed by atoms with van der Waals surface area (Å²) in [4.78, 5) is 17.6. The summed E-state index contributed by atoms with van der Waals surface area (Å²) >= 11 is 1.52. The van der Waals surface area contributed by atoms with E-state index in [2.05, 4.69) is 10.3 Å². The summed E-state index contributed by atoms with van der Waals surface area (Å²) in [6, 6.07) is 0.184. The molecule has 1 saturated carbocycles. The monoisotopic (exact) mass is 317 g/mol. The molecule has 0 aromatic carbocycles. The van der Waals surface area contributed by atoms with E-state index in [4.69, 9.17) is 10.5 Å². The van der Waals surface area contributed by atoms with Crippen LogP contribution in [0.3, 0.4) is 0 Å². The first-order valence-electron chi connectivity index (χ1n) is 6.84. The average Bonchev–Trinajstić information content (AvgIpc) is 2.95.